The molecule has 2 heterocycles. The molecule has 0 radical (unpaired) electrons. The van der Waals surface area contributed by atoms with Gasteiger partial charge in [-0.25, -0.2) is 14.8 Å². The van der Waals surface area contributed by atoms with Gasteiger partial charge >= 0.3 is 5.97 Å². The molecule has 35 heavy (non-hydrogen) atoms. The number of anilines is 1. The fraction of sp³-hybridized carbons (Fsp3) is 0.500. The predicted octanol–water partition coefficient (Wildman–Crippen LogP) is 4.90. The lowest BCUT2D eigenvalue weighted by molar-refractivity contribution is -0.138. The monoisotopic (exact) mass is 474 g/mol. The molecule has 1 atom stereocenters. The molecule has 0 spiro atoms. The van der Waals surface area contributed by atoms with E-state index in [0.717, 1.165) is 48.6 Å². The van der Waals surface area contributed by atoms with Crippen LogP contribution in [-0.4, -0.2) is 44.8 Å². The van der Waals surface area contributed by atoms with Gasteiger partial charge in [0.1, 0.15) is 18.2 Å². The molecule has 7 heteroatoms. The van der Waals surface area contributed by atoms with Gasteiger partial charge < -0.3 is 15.2 Å². The second kappa shape index (κ2) is 10.7. The van der Waals surface area contributed by atoms with Gasteiger partial charge in [0.2, 0.25) is 0 Å². The molecule has 184 valence electrons. The Morgan fingerprint density at radius 2 is 2.03 bits per heavy atom. The summed E-state index contributed by atoms with van der Waals surface area (Å²) in [5.41, 5.74) is 5.84. The zero-order valence-corrected chi connectivity index (χ0v) is 20.4. The smallest absolute Gasteiger partial charge is 0.326 e. The molecule has 2 aliphatic carbocycles. The minimum absolute atomic E-state index is 0.230. The predicted molar refractivity (Wildman–Crippen MR) is 136 cm³/mol. The Hall–Kier alpha value is -3.06. The van der Waals surface area contributed by atoms with Crippen molar-refractivity contribution in [1.29, 1.82) is 0 Å². The van der Waals surface area contributed by atoms with Crippen LogP contribution < -0.4 is 5.32 Å². The van der Waals surface area contributed by atoms with Crippen LogP contribution in [0.25, 0.3) is 10.9 Å². The van der Waals surface area contributed by atoms with Gasteiger partial charge in [0.25, 0.3) is 0 Å². The lowest BCUT2D eigenvalue weighted by Gasteiger charge is -2.35. The van der Waals surface area contributed by atoms with E-state index in [9.17, 15) is 9.90 Å². The number of rotatable bonds is 10. The lowest BCUT2D eigenvalue weighted by Crippen LogP contribution is -2.35. The first-order chi connectivity index (χ1) is 17.0. The van der Waals surface area contributed by atoms with Crippen molar-refractivity contribution in [2.45, 2.75) is 76.9 Å². The van der Waals surface area contributed by atoms with E-state index in [4.69, 9.17) is 9.72 Å². The van der Waals surface area contributed by atoms with E-state index in [2.05, 4.69) is 27.4 Å². The maximum absolute atomic E-state index is 11.9. The summed E-state index contributed by atoms with van der Waals surface area (Å²) in [5.74, 6) is 0.310. The van der Waals surface area contributed by atoms with E-state index in [1.807, 2.05) is 25.1 Å². The van der Waals surface area contributed by atoms with Crippen LogP contribution in [0.2, 0.25) is 0 Å². The number of carbonyl (C=O) groups is 1. The molecule has 2 aliphatic rings. The summed E-state index contributed by atoms with van der Waals surface area (Å²) in [4.78, 5) is 25.3. The van der Waals surface area contributed by atoms with Crippen molar-refractivity contribution in [1.82, 2.24) is 15.0 Å². The molecule has 1 unspecified atom stereocenters. The number of pyridine rings is 1. The largest absolute Gasteiger partial charge is 0.480 e. The number of nitrogens with one attached hydrogen (secondary N) is 1. The van der Waals surface area contributed by atoms with E-state index >= 15 is 0 Å². The number of ether oxygens (including phenoxy) is 1. The van der Waals surface area contributed by atoms with Crippen molar-refractivity contribution < 1.29 is 14.6 Å². The third-order valence-electron chi connectivity index (χ3n) is 7.40. The van der Waals surface area contributed by atoms with Crippen LogP contribution in [0.15, 0.2) is 36.7 Å². The standard InChI is InChI=1S/C28H34N4O3/c1-18-6-11-25-23(14-18)27(30-17-29-25)32-26(28(33)34)12-13-35-22-15-19(16-22)7-9-21-10-8-20-4-2-3-5-24(20)31-21/h6,8,10-11,14,17,19,22,26H,2-5,7,9,12-13,15-16H2,1H3,(H,33,34)(H,29,30,32). The summed E-state index contributed by atoms with van der Waals surface area (Å²) in [7, 11) is 0. The topological polar surface area (TPSA) is 97.2 Å². The molecule has 1 aromatic carbocycles. The van der Waals surface area contributed by atoms with E-state index in [1.54, 1.807) is 0 Å². The molecule has 0 bridgehead atoms. The molecular weight excluding hydrogens is 440 g/mol. The summed E-state index contributed by atoms with van der Waals surface area (Å²) in [5, 5.41) is 13.6. The Morgan fingerprint density at radius 3 is 2.89 bits per heavy atom. The molecule has 0 aliphatic heterocycles. The van der Waals surface area contributed by atoms with Crippen molar-refractivity contribution in [2.75, 3.05) is 11.9 Å². The van der Waals surface area contributed by atoms with Gasteiger partial charge in [-0.15, -0.1) is 0 Å². The number of nitrogens with zero attached hydrogens (tertiary/aromatic N) is 3. The van der Waals surface area contributed by atoms with Crippen molar-refractivity contribution in [3.8, 4) is 0 Å². The van der Waals surface area contributed by atoms with Gasteiger partial charge in [0, 0.05) is 29.8 Å². The van der Waals surface area contributed by atoms with E-state index < -0.39 is 12.0 Å². The van der Waals surface area contributed by atoms with Crippen LogP contribution in [-0.2, 0) is 28.8 Å². The number of aliphatic carboxylic acids is 1. The Morgan fingerprint density at radius 1 is 1.17 bits per heavy atom. The zero-order valence-electron chi connectivity index (χ0n) is 20.4. The Kier molecular flexibility index (Phi) is 7.23. The number of hydrogen-bond acceptors (Lipinski definition) is 6. The van der Waals surface area contributed by atoms with Gasteiger partial charge in [0.15, 0.2) is 0 Å². The van der Waals surface area contributed by atoms with Crippen LogP contribution in [0.1, 0.15) is 61.0 Å². The number of benzene rings is 1. The van der Waals surface area contributed by atoms with Crippen molar-refractivity contribution in [3.05, 3.63) is 59.2 Å². The van der Waals surface area contributed by atoms with Gasteiger partial charge in [-0.05, 0) is 88.0 Å². The first-order valence-corrected chi connectivity index (χ1v) is 12.8. The number of carboxylic acid groups (broad SMARTS) is 1. The van der Waals surface area contributed by atoms with Crippen LogP contribution in [0.3, 0.4) is 0 Å². The zero-order chi connectivity index (χ0) is 24.2. The highest BCUT2D eigenvalue weighted by Gasteiger charge is 2.30. The Labute approximate surface area is 206 Å². The van der Waals surface area contributed by atoms with Gasteiger partial charge in [-0.2, -0.15) is 0 Å². The fourth-order valence-electron chi connectivity index (χ4n) is 5.23. The molecule has 3 aromatic rings. The number of carboxylic acids is 1. The molecule has 2 aromatic heterocycles. The van der Waals surface area contributed by atoms with Crippen LogP contribution in [0.4, 0.5) is 5.82 Å². The third-order valence-corrected chi connectivity index (χ3v) is 7.40. The highest BCUT2D eigenvalue weighted by Crippen LogP contribution is 2.34. The number of aryl methyl sites for hydroxylation is 4. The summed E-state index contributed by atoms with van der Waals surface area (Å²) >= 11 is 0. The molecule has 0 amide bonds. The summed E-state index contributed by atoms with van der Waals surface area (Å²) in [6.45, 7) is 2.41. The fourth-order valence-corrected chi connectivity index (χ4v) is 5.23. The summed E-state index contributed by atoms with van der Waals surface area (Å²) in [6, 6.07) is 9.60. The SMILES string of the molecule is Cc1ccc2ncnc(NC(CCOC3CC(CCc4ccc5c(n4)CCCC5)C3)C(=O)O)c2c1. The lowest BCUT2D eigenvalue weighted by atomic mass is 9.79. The van der Waals surface area contributed by atoms with Crippen molar-refractivity contribution in [3.63, 3.8) is 0 Å². The Balaban J connectivity index is 1.06. The minimum Gasteiger partial charge on any atom is -0.480 e. The van der Waals surface area contributed by atoms with Crippen LogP contribution in [0.5, 0.6) is 0 Å². The summed E-state index contributed by atoms with van der Waals surface area (Å²) in [6.07, 6.45) is 11.2. The quantitative estimate of drug-likeness (QED) is 0.431. The number of aromatic nitrogens is 3. The number of fused-ring (bicyclic) bond motifs is 2. The molecule has 1 saturated carbocycles. The van der Waals surface area contributed by atoms with E-state index in [1.165, 1.54) is 42.5 Å². The molecule has 0 saturated heterocycles. The highest BCUT2D eigenvalue weighted by atomic mass is 16.5. The van der Waals surface area contributed by atoms with Gasteiger partial charge in [-0.1, -0.05) is 17.7 Å². The first kappa shape index (κ1) is 23.7. The maximum Gasteiger partial charge on any atom is 0.326 e. The molecule has 5 rings (SSSR count). The summed E-state index contributed by atoms with van der Waals surface area (Å²) < 4.78 is 6.01. The van der Waals surface area contributed by atoms with Gasteiger partial charge in [-0.3, -0.25) is 4.98 Å². The normalized spacial score (nSPS) is 20.1. The van der Waals surface area contributed by atoms with E-state index in [-0.39, 0.29) is 6.10 Å². The minimum atomic E-state index is -0.906. The van der Waals surface area contributed by atoms with E-state index in [0.29, 0.717) is 24.8 Å². The van der Waals surface area contributed by atoms with Crippen LogP contribution in [0, 0.1) is 12.8 Å². The van der Waals surface area contributed by atoms with Crippen molar-refractivity contribution in [2.24, 2.45) is 5.92 Å². The second-order valence-corrected chi connectivity index (χ2v) is 10.1. The van der Waals surface area contributed by atoms with Crippen molar-refractivity contribution >= 4 is 22.7 Å². The van der Waals surface area contributed by atoms with Gasteiger partial charge in [0.05, 0.1) is 11.6 Å². The Bertz CT molecular complexity index is 1190. The number of hydrogen-bond donors (Lipinski definition) is 2. The molecule has 1 fully saturated rings. The van der Waals surface area contributed by atoms with Crippen LogP contribution >= 0.6 is 0 Å². The molecule has 2 N–H and O–H groups in total. The second-order valence-electron chi connectivity index (χ2n) is 10.1. The maximum atomic E-state index is 11.9. The average Bonchev–Trinajstić information content (AvgIpc) is 2.84. The highest BCUT2D eigenvalue weighted by molar-refractivity contribution is 5.91. The molecular formula is C28H34N4O3. The third kappa shape index (κ3) is 5.78. The average molecular weight is 475 g/mol. The molecule has 7 nitrogen and oxygen atoms in total. The first-order valence-electron chi connectivity index (χ1n) is 12.8.